The Kier molecular flexibility index (Phi) is 9.61. The molecular formula is C25H38IN7. The predicted molar refractivity (Wildman–Crippen MR) is 149 cm³/mol. The van der Waals surface area contributed by atoms with Gasteiger partial charge in [0.15, 0.2) is 5.96 Å². The number of piperazine rings is 1. The average molecular weight is 564 g/mol. The molecule has 0 spiro atoms. The second-order valence-corrected chi connectivity index (χ2v) is 8.92. The van der Waals surface area contributed by atoms with E-state index in [-0.39, 0.29) is 24.0 Å². The number of anilines is 2. The number of hydrogen-bond acceptors (Lipinski definition) is 5. The van der Waals surface area contributed by atoms with Crippen molar-refractivity contribution < 1.29 is 0 Å². The van der Waals surface area contributed by atoms with E-state index in [4.69, 9.17) is 4.99 Å². The molecule has 1 unspecified atom stereocenters. The first-order chi connectivity index (χ1) is 15.6. The lowest BCUT2D eigenvalue weighted by molar-refractivity contribution is 0.312. The third kappa shape index (κ3) is 7.20. The Hall–Kier alpha value is -2.07. The highest BCUT2D eigenvalue weighted by atomic mass is 127. The number of aliphatic imine (C=N–C) groups is 1. The van der Waals surface area contributed by atoms with E-state index in [1.54, 1.807) is 0 Å². The number of benzene rings is 1. The maximum atomic E-state index is 4.88. The van der Waals surface area contributed by atoms with Gasteiger partial charge in [-0.15, -0.1) is 24.0 Å². The Morgan fingerprint density at radius 2 is 1.82 bits per heavy atom. The number of nitrogens with zero attached hydrogens (tertiary/aromatic N) is 5. The van der Waals surface area contributed by atoms with Crippen molar-refractivity contribution in [2.45, 2.75) is 32.9 Å². The van der Waals surface area contributed by atoms with Crippen molar-refractivity contribution in [1.29, 1.82) is 0 Å². The summed E-state index contributed by atoms with van der Waals surface area (Å²) in [5.41, 5.74) is 3.80. The zero-order chi connectivity index (χ0) is 22.3. The largest absolute Gasteiger partial charge is 0.369 e. The maximum Gasteiger partial charge on any atom is 0.191 e. The van der Waals surface area contributed by atoms with Crippen LogP contribution < -0.4 is 20.4 Å². The minimum atomic E-state index is 0. The molecule has 0 aliphatic carbocycles. The van der Waals surface area contributed by atoms with Crippen LogP contribution in [0.15, 0.2) is 47.6 Å². The highest BCUT2D eigenvalue weighted by Gasteiger charge is 2.23. The molecule has 0 radical (unpaired) electrons. The smallest absolute Gasteiger partial charge is 0.191 e. The molecule has 180 valence electrons. The Morgan fingerprint density at radius 1 is 1.06 bits per heavy atom. The molecule has 1 atom stereocenters. The van der Waals surface area contributed by atoms with Crippen LogP contribution in [0.3, 0.4) is 0 Å². The van der Waals surface area contributed by atoms with Gasteiger partial charge in [0.1, 0.15) is 5.82 Å². The minimum Gasteiger partial charge on any atom is -0.369 e. The van der Waals surface area contributed by atoms with Gasteiger partial charge in [-0.1, -0.05) is 17.7 Å². The van der Waals surface area contributed by atoms with Gasteiger partial charge < -0.3 is 25.3 Å². The summed E-state index contributed by atoms with van der Waals surface area (Å²) in [5, 5.41) is 7.06. The Balaban J connectivity index is 0.00000306. The summed E-state index contributed by atoms with van der Waals surface area (Å²) in [6.07, 6.45) is 3.02. The monoisotopic (exact) mass is 563 g/mol. The van der Waals surface area contributed by atoms with Crippen LogP contribution >= 0.6 is 24.0 Å². The van der Waals surface area contributed by atoms with Gasteiger partial charge in [-0.3, -0.25) is 0 Å². The lowest BCUT2D eigenvalue weighted by Crippen LogP contribution is -2.45. The highest BCUT2D eigenvalue weighted by Crippen LogP contribution is 2.21. The summed E-state index contributed by atoms with van der Waals surface area (Å²) < 4.78 is 0. The molecule has 0 saturated carbocycles. The summed E-state index contributed by atoms with van der Waals surface area (Å²) in [6.45, 7) is 12.0. The van der Waals surface area contributed by atoms with Gasteiger partial charge in [-0.25, -0.2) is 9.98 Å². The van der Waals surface area contributed by atoms with Crippen LogP contribution in [0.5, 0.6) is 0 Å². The molecular weight excluding hydrogens is 525 g/mol. The summed E-state index contributed by atoms with van der Waals surface area (Å²) >= 11 is 0. The molecule has 1 aromatic carbocycles. The third-order valence-electron chi connectivity index (χ3n) is 6.33. The fraction of sp³-hybridized carbons (Fsp3) is 0.520. The predicted octanol–water partition coefficient (Wildman–Crippen LogP) is 3.09. The van der Waals surface area contributed by atoms with E-state index in [0.29, 0.717) is 12.6 Å². The van der Waals surface area contributed by atoms with Gasteiger partial charge in [0.25, 0.3) is 0 Å². The fourth-order valence-corrected chi connectivity index (χ4v) is 4.32. The number of guanidine groups is 1. The van der Waals surface area contributed by atoms with Gasteiger partial charge in [0.05, 0.1) is 6.54 Å². The third-order valence-corrected chi connectivity index (χ3v) is 6.33. The molecule has 2 aliphatic rings. The molecule has 1 aromatic heterocycles. The standard InChI is InChI=1S/C25H37N7.HI/c1-4-26-25(29-22-10-12-32(19-22)23-7-5-20(2)6-8-23)28-18-21-9-11-27-24(17-21)31-15-13-30(3)14-16-31;/h5-9,11,17,22H,4,10,12-16,18-19H2,1-3H3,(H2,26,28,29);1H. The quantitative estimate of drug-likeness (QED) is 0.320. The van der Waals surface area contributed by atoms with Gasteiger partial charge >= 0.3 is 0 Å². The Bertz CT molecular complexity index is 894. The van der Waals surface area contributed by atoms with Crippen molar-refractivity contribution >= 4 is 41.4 Å². The maximum absolute atomic E-state index is 4.88. The second-order valence-electron chi connectivity index (χ2n) is 8.92. The SMILES string of the molecule is CCNC(=NCc1ccnc(N2CCN(C)CC2)c1)NC1CCN(c2ccc(C)cc2)C1.I. The molecule has 33 heavy (non-hydrogen) atoms. The number of rotatable bonds is 6. The van der Waals surface area contributed by atoms with Gasteiger partial charge in [-0.05, 0) is 57.1 Å². The molecule has 2 aromatic rings. The molecule has 2 N–H and O–H groups in total. The second kappa shape index (κ2) is 12.4. The van der Waals surface area contributed by atoms with E-state index in [0.717, 1.165) is 64.0 Å². The van der Waals surface area contributed by atoms with E-state index < -0.39 is 0 Å². The first-order valence-corrected chi connectivity index (χ1v) is 11.9. The Morgan fingerprint density at radius 3 is 2.55 bits per heavy atom. The number of halogens is 1. The number of hydrogen-bond donors (Lipinski definition) is 2. The van der Waals surface area contributed by atoms with Gasteiger partial charge in [0, 0.05) is 63.7 Å². The van der Waals surface area contributed by atoms with Crippen LogP contribution in [-0.4, -0.2) is 74.7 Å². The van der Waals surface area contributed by atoms with Crippen LogP contribution in [0.1, 0.15) is 24.5 Å². The van der Waals surface area contributed by atoms with Crippen LogP contribution in [-0.2, 0) is 6.54 Å². The minimum absolute atomic E-state index is 0. The summed E-state index contributed by atoms with van der Waals surface area (Å²) in [7, 11) is 2.18. The normalized spacial score (nSPS) is 19.4. The van der Waals surface area contributed by atoms with Gasteiger partial charge in [0.2, 0.25) is 0 Å². The van der Waals surface area contributed by atoms with Crippen molar-refractivity contribution in [3.8, 4) is 0 Å². The van der Waals surface area contributed by atoms with Crippen molar-refractivity contribution in [2.24, 2.45) is 4.99 Å². The first kappa shape index (κ1) is 25.6. The average Bonchev–Trinajstić information content (AvgIpc) is 3.27. The van der Waals surface area contributed by atoms with E-state index in [1.165, 1.54) is 16.8 Å². The summed E-state index contributed by atoms with van der Waals surface area (Å²) in [5.74, 6) is 1.95. The molecule has 2 fully saturated rings. The highest BCUT2D eigenvalue weighted by molar-refractivity contribution is 14.0. The van der Waals surface area contributed by atoms with Crippen molar-refractivity contribution in [1.82, 2.24) is 20.5 Å². The molecule has 2 saturated heterocycles. The van der Waals surface area contributed by atoms with Gasteiger partial charge in [-0.2, -0.15) is 0 Å². The van der Waals surface area contributed by atoms with Crippen LogP contribution in [0, 0.1) is 6.92 Å². The Labute approximate surface area is 215 Å². The summed E-state index contributed by atoms with van der Waals surface area (Å²) in [6, 6.07) is 13.5. The number of likely N-dealkylation sites (N-methyl/N-ethyl adjacent to an activating group) is 1. The van der Waals surface area contributed by atoms with Crippen LogP contribution in [0.2, 0.25) is 0 Å². The lowest BCUT2D eigenvalue weighted by Gasteiger charge is -2.33. The topological polar surface area (TPSA) is 59.0 Å². The molecule has 7 nitrogen and oxygen atoms in total. The molecule has 8 heteroatoms. The van der Waals surface area contributed by atoms with E-state index in [1.807, 2.05) is 6.20 Å². The lowest BCUT2D eigenvalue weighted by atomic mass is 10.2. The zero-order valence-corrected chi connectivity index (χ0v) is 22.5. The van der Waals surface area contributed by atoms with E-state index >= 15 is 0 Å². The van der Waals surface area contributed by atoms with Crippen molar-refractivity contribution in [2.75, 3.05) is 62.7 Å². The molecule has 3 heterocycles. The molecule has 0 bridgehead atoms. The van der Waals surface area contributed by atoms with E-state index in [9.17, 15) is 0 Å². The molecule has 0 amide bonds. The number of pyridine rings is 1. The summed E-state index contributed by atoms with van der Waals surface area (Å²) in [4.78, 5) is 16.7. The van der Waals surface area contributed by atoms with Crippen LogP contribution in [0.25, 0.3) is 0 Å². The first-order valence-electron chi connectivity index (χ1n) is 11.9. The number of nitrogens with one attached hydrogen (secondary N) is 2. The van der Waals surface area contributed by atoms with Crippen molar-refractivity contribution in [3.63, 3.8) is 0 Å². The molecule has 4 rings (SSSR count). The van der Waals surface area contributed by atoms with Crippen molar-refractivity contribution in [3.05, 3.63) is 53.7 Å². The fourth-order valence-electron chi connectivity index (χ4n) is 4.32. The molecule has 2 aliphatic heterocycles. The zero-order valence-electron chi connectivity index (χ0n) is 20.1. The van der Waals surface area contributed by atoms with Crippen LogP contribution in [0.4, 0.5) is 11.5 Å². The number of aryl methyl sites for hydroxylation is 1. The van der Waals surface area contributed by atoms with E-state index in [2.05, 4.69) is 87.6 Å². The number of aromatic nitrogens is 1.